The zero-order valence-electron chi connectivity index (χ0n) is 15.3. The average Bonchev–Trinajstić information content (AvgIpc) is 3.05. The number of likely N-dealkylation sites (tertiary alicyclic amines) is 1. The fourth-order valence-electron chi connectivity index (χ4n) is 4.44. The fourth-order valence-corrected chi connectivity index (χ4v) is 4.44. The molecule has 9 nitrogen and oxygen atoms in total. The van der Waals surface area contributed by atoms with E-state index in [-0.39, 0.29) is 29.2 Å². The van der Waals surface area contributed by atoms with E-state index in [4.69, 9.17) is 0 Å². The molecule has 1 spiro atoms. The molecule has 2 aromatic heterocycles. The summed E-state index contributed by atoms with van der Waals surface area (Å²) < 4.78 is 3.52. The number of nitrogens with zero attached hydrogens (tertiary/aromatic N) is 6. The van der Waals surface area contributed by atoms with Crippen molar-refractivity contribution in [2.75, 3.05) is 13.1 Å². The molecule has 0 unspecified atom stereocenters. The summed E-state index contributed by atoms with van der Waals surface area (Å²) in [6.07, 6.45) is 6.96. The molecule has 2 aromatic rings. The summed E-state index contributed by atoms with van der Waals surface area (Å²) in [5.74, 6) is 0.993. The van der Waals surface area contributed by atoms with Crippen molar-refractivity contribution in [3.8, 4) is 0 Å². The van der Waals surface area contributed by atoms with Crippen LogP contribution in [0.2, 0.25) is 0 Å². The molecule has 2 atom stereocenters. The largest absolute Gasteiger partial charge is 0.345 e. The molecular weight excluding hydrogens is 346 g/mol. The highest BCUT2D eigenvalue weighted by atomic mass is 16.2. The molecule has 5 rings (SSSR count). The first kappa shape index (κ1) is 16.5. The zero-order valence-corrected chi connectivity index (χ0v) is 15.3. The Kier molecular flexibility index (Phi) is 3.60. The lowest BCUT2D eigenvalue weighted by atomic mass is 9.74. The Balaban J connectivity index is 1.41. The third-order valence-electron chi connectivity index (χ3n) is 6.18. The second kappa shape index (κ2) is 5.90. The van der Waals surface area contributed by atoms with E-state index < -0.39 is 0 Å². The molecule has 1 saturated heterocycles. The first-order valence-corrected chi connectivity index (χ1v) is 9.53. The number of fused-ring (bicyclic) bond motifs is 1. The molecule has 1 N–H and O–H groups in total. The predicted octanol–water partition coefficient (Wildman–Crippen LogP) is 0.515. The molecule has 27 heavy (non-hydrogen) atoms. The Bertz CT molecular complexity index is 899. The number of rotatable bonds is 3. The maximum absolute atomic E-state index is 12.9. The maximum atomic E-state index is 12.9. The third kappa shape index (κ3) is 2.72. The number of carbonyl (C=O) groups is 2. The van der Waals surface area contributed by atoms with Gasteiger partial charge in [-0.3, -0.25) is 14.3 Å². The minimum Gasteiger partial charge on any atom is -0.345 e. The van der Waals surface area contributed by atoms with E-state index in [0.717, 1.165) is 38.1 Å². The van der Waals surface area contributed by atoms with Gasteiger partial charge in [-0.05, 0) is 31.7 Å². The molecule has 2 amide bonds. The smallest absolute Gasteiger partial charge is 0.274 e. The molecule has 1 saturated carbocycles. The highest BCUT2D eigenvalue weighted by Crippen LogP contribution is 2.48. The first-order valence-electron chi connectivity index (χ1n) is 9.53. The standard InChI is InChI=1S/C18H23N7O2/c1-23-7-4-13(22-23)17(27)24-8-5-18(10-24)6-9-25-15(19-11-20-25)14(18)21-16(26)12-2-3-12/h4,7,11-12,14H,2-3,5-6,8-10H2,1H3,(H,21,26)/t14-,18-/m0/s1. The van der Waals surface area contributed by atoms with Crippen LogP contribution in [0.5, 0.6) is 0 Å². The van der Waals surface area contributed by atoms with E-state index in [1.54, 1.807) is 30.3 Å². The summed E-state index contributed by atoms with van der Waals surface area (Å²) in [5, 5.41) is 11.8. The number of nitrogens with one attached hydrogen (secondary N) is 1. The molecular formula is C18H23N7O2. The summed E-state index contributed by atoms with van der Waals surface area (Å²) >= 11 is 0. The van der Waals surface area contributed by atoms with Gasteiger partial charge in [0.25, 0.3) is 5.91 Å². The van der Waals surface area contributed by atoms with Crippen molar-refractivity contribution in [1.29, 1.82) is 0 Å². The summed E-state index contributed by atoms with van der Waals surface area (Å²) in [7, 11) is 1.81. The van der Waals surface area contributed by atoms with Crippen LogP contribution in [0, 0.1) is 11.3 Å². The average molecular weight is 369 g/mol. The van der Waals surface area contributed by atoms with Gasteiger partial charge in [-0.15, -0.1) is 0 Å². The number of aromatic nitrogens is 5. The topological polar surface area (TPSA) is 97.9 Å². The highest BCUT2D eigenvalue weighted by molar-refractivity contribution is 5.92. The van der Waals surface area contributed by atoms with Gasteiger partial charge in [0.2, 0.25) is 5.91 Å². The molecule has 0 radical (unpaired) electrons. The van der Waals surface area contributed by atoms with Crippen LogP contribution < -0.4 is 5.32 Å². The molecule has 3 aliphatic rings. The van der Waals surface area contributed by atoms with Gasteiger partial charge in [0, 0.05) is 44.2 Å². The van der Waals surface area contributed by atoms with Crippen LogP contribution in [0.3, 0.4) is 0 Å². The summed E-state index contributed by atoms with van der Waals surface area (Å²) in [5.41, 5.74) is 0.268. The van der Waals surface area contributed by atoms with Crippen molar-refractivity contribution in [2.24, 2.45) is 18.4 Å². The molecule has 4 heterocycles. The third-order valence-corrected chi connectivity index (χ3v) is 6.18. The van der Waals surface area contributed by atoms with Crippen LogP contribution in [0.1, 0.15) is 48.0 Å². The van der Waals surface area contributed by atoms with Gasteiger partial charge in [-0.25, -0.2) is 9.67 Å². The lowest BCUT2D eigenvalue weighted by molar-refractivity contribution is -0.124. The van der Waals surface area contributed by atoms with Gasteiger partial charge in [-0.1, -0.05) is 0 Å². The number of amides is 2. The molecule has 2 aliphatic heterocycles. The number of aryl methyl sites for hydroxylation is 2. The Morgan fingerprint density at radius 1 is 1.26 bits per heavy atom. The number of carbonyl (C=O) groups excluding carboxylic acids is 2. The lowest BCUT2D eigenvalue weighted by Gasteiger charge is -2.40. The Morgan fingerprint density at radius 3 is 2.81 bits per heavy atom. The van der Waals surface area contributed by atoms with Crippen LogP contribution in [0.4, 0.5) is 0 Å². The van der Waals surface area contributed by atoms with Crippen LogP contribution >= 0.6 is 0 Å². The Labute approximate surface area is 156 Å². The molecule has 142 valence electrons. The number of hydrogen-bond acceptors (Lipinski definition) is 5. The zero-order chi connectivity index (χ0) is 18.6. The van der Waals surface area contributed by atoms with Crippen molar-refractivity contribution < 1.29 is 9.59 Å². The van der Waals surface area contributed by atoms with Crippen LogP contribution in [0.15, 0.2) is 18.6 Å². The quantitative estimate of drug-likeness (QED) is 0.850. The predicted molar refractivity (Wildman–Crippen MR) is 94.4 cm³/mol. The van der Waals surface area contributed by atoms with Gasteiger partial charge in [-0.2, -0.15) is 10.2 Å². The van der Waals surface area contributed by atoms with Gasteiger partial charge in [0.15, 0.2) is 0 Å². The van der Waals surface area contributed by atoms with Gasteiger partial charge in [0.05, 0.1) is 6.04 Å². The minimum absolute atomic E-state index is 0.0493. The van der Waals surface area contributed by atoms with Crippen molar-refractivity contribution in [1.82, 2.24) is 34.8 Å². The van der Waals surface area contributed by atoms with Crippen LogP contribution in [-0.4, -0.2) is 54.3 Å². The van der Waals surface area contributed by atoms with E-state index in [1.165, 1.54) is 0 Å². The van der Waals surface area contributed by atoms with Crippen LogP contribution in [0.25, 0.3) is 0 Å². The summed E-state index contributed by atoms with van der Waals surface area (Å²) in [4.78, 5) is 31.7. The van der Waals surface area contributed by atoms with Gasteiger partial charge in [0.1, 0.15) is 17.8 Å². The molecule has 0 aromatic carbocycles. The fraction of sp³-hybridized carbons (Fsp3) is 0.611. The summed E-state index contributed by atoms with van der Waals surface area (Å²) in [6.45, 7) is 2.03. The first-order chi connectivity index (χ1) is 13.1. The van der Waals surface area contributed by atoms with Crippen molar-refractivity contribution >= 4 is 11.8 Å². The Hall–Kier alpha value is -2.71. The van der Waals surface area contributed by atoms with E-state index in [2.05, 4.69) is 20.5 Å². The van der Waals surface area contributed by atoms with E-state index >= 15 is 0 Å². The molecule has 9 heteroatoms. The monoisotopic (exact) mass is 369 g/mol. The highest BCUT2D eigenvalue weighted by Gasteiger charge is 2.51. The van der Waals surface area contributed by atoms with E-state index in [1.807, 2.05) is 9.58 Å². The van der Waals surface area contributed by atoms with Crippen molar-refractivity contribution in [2.45, 2.75) is 38.3 Å². The molecule has 2 fully saturated rings. The SMILES string of the molecule is Cn1ccc(C(=O)N2CC[C@]3(CCn4ncnc4[C@@H]3NC(=O)C3CC3)C2)n1. The summed E-state index contributed by atoms with van der Waals surface area (Å²) in [6, 6.07) is 1.54. The molecule has 0 bridgehead atoms. The van der Waals surface area contributed by atoms with Crippen molar-refractivity contribution in [3.63, 3.8) is 0 Å². The maximum Gasteiger partial charge on any atom is 0.274 e. The van der Waals surface area contributed by atoms with Crippen LogP contribution in [-0.2, 0) is 18.4 Å². The van der Waals surface area contributed by atoms with Crippen molar-refractivity contribution in [3.05, 3.63) is 30.1 Å². The van der Waals surface area contributed by atoms with E-state index in [9.17, 15) is 9.59 Å². The normalized spacial score (nSPS) is 27.0. The van der Waals surface area contributed by atoms with Gasteiger partial charge < -0.3 is 10.2 Å². The molecule has 1 aliphatic carbocycles. The second-order valence-electron chi connectivity index (χ2n) is 8.02. The van der Waals surface area contributed by atoms with Gasteiger partial charge >= 0.3 is 0 Å². The Morgan fingerprint density at radius 2 is 2.07 bits per heavy atom. The number of hydrogen-bond donors (Lipinski definition) is 1. The second-order valence-corrected chi connectivity index (χ2v) is 8.02. The minimum atomic E-state index is -0.205. The van der Waals surface area contributed by atoms with E-state index in [0.29, 0.717) is 18.8 Å². The lowest BCUT2D eigenvalue weighted by Crippen LogP contribution is -2.48.